The van der Waals surface area contributed by atoms with E-state index in [0.29, 0.717) is 41.5 Å². The van der Waals surface area contributed by atoms with E-state index in [4.69, 9.17) is 19.2 Å². The Kier molecular flexibility index (Phi) is 7.43. The zero-order valence-electron chi connectivity index (χ0n) is 20.6. The lowest BCUT2D eigenvalue weighted by atomic mass is 10.1. The van der Waals surface area contributed by atoms with Gasteiger partial charge in [0.05, 0.1) is 32.4 Å². The Balaban J connectivity index is 1.46. The van der Waals surface area contributed by atoms with Crippen LogP contribution in [-0.2, 0) is 18.3 Å². The van der Waals surface area contributed by atoms with Gasteiger partial charge in [0.1, 0.15) is 5.82 Å². The van der Waals surface area contributed by atoms with Crippen molar-refractivity contribution in [2.24, 2.45) is 13.0 Å². The number of fused-ring (bicyclic) bond motifs is 1. The van der Waals surface area contributed by atoms with Gasteiger partial charge in [0.2, 0.25) is 11.7 Å². The lowest BCUT2D eigenvalue weighted by Crippen LogP contribution is -2.31. The number of anilines is 1. The van der Waals surface area contributed by atoms with E-state index in [-0.39, 0.29) is 17.7 Å². The summed E-state index contributed by atoms with van der Waals surface area (Å²) in [7, 11) is 6.48. The molecule has 9 heteroatoms. The van der Waals surface area contributed by atoms with E-state index in [9.17, 15) is 9.59 Å². The molecule has 1 aliphatic carbocycles. The highest BCUT2D eigenvalue weighted by Gasteiger charge is 2.22. The number of hydrogen-bond acceptors (Lipinski definition) is 6. The summed E-state index contributed by atoms with van der Waals surface area (Å²) in [5.41, 5.74) is 2.72. The molecule has 3 aromatic rings. The van der Waals surface area contributed by atoms with Crippen LogP contribution in [0.5, 0.6) is 17.2 Å². The number of carbonyl (C=O) groups excluding carboxylic acids is 2. The molecule has 4 rings (SSSR count). The molecule has 0 saturated heterocycles. The van der Waals surface area contributed by atoms with Crippen LogP contribution in [0.25, 0.3) is 11.0 Å². The number of rotatable bonds is 9. The van der Waals surface area contributed by atoms with E-state index < -0.39 is 0 Å². The van der Waals surface area contributed by atoms with Crippen LogP contribution in [0.3, 0.4) is 0 Å². The molecule has 0 unspecified atom stereocenters. The fraction of sp³-hybridized carbons (Fsp3) is 0.423. The molecule has 0 aliphatic heterocycles. The van der Waals surface area contributed by atoms with Crippen molar-refractivity contribution in [2.45, 2.75) is 32.1 Å². The van der Waals surface area contributed by atoms with E-state index in [0.717, 1.165) is 42.5 Å². The Hall–Kier alpha value is -3.75. The topological polar surface area (TPSA) is 104 Å². The van der Waals surface area contributed by atoms with Gasteiger partial charge in [-0.2, -0.15) is 0 Å². The summed E-state index contributed by atoms with van der Waals surface area (Å²) < 4.78 is 18.0. The number of nitrogens with one attached hydrogen (secondary N) is 2. The molecule has 2 amide bonds. The smallest absolute Gasteiger partial charge is 0.255 e. The van der Waals surface area contributed by atoms with Crippen LogP contribution in [0, 0.1) is 5.92 Å². The molecule has 1 fully saturated rings. The fourth-order valence-corrected chi connectivity index (χ4v) is 4.60. The maximum atomic E-state index is 12.9. The standard InChI is InChI=1S/C26H32N4O5/c1-30-20-10-9-18(28-26(32)17-13-21(33-2)24(35-4)22(14-17)34-3)15-19(20)29-23(30)11-12-27-25(31)16-7-5-6-8-16/h9-10,13-16H,5-8,11-12H2,1-4H3,(H,27,31)(H,28,32). The molecule has 1 aromatic heterocycles. The van der Waals surface area contributed by atoms with Gasteiger partial charge in [0.25, 0.3) is 5.91 Å². The number of benzene rings is 2. The minimum Gasteiger partial charge on any atom is -0.493 e. The second-order valence-corrected chi connectivity index (χ2v) is 8.68. The van der Waals surface area contributed by atoms with Crippen LogP contribution < -0.4 is 24.8 Å². The quantitative estimate of drug-likeness (QED) is 0.484. The van der Waals surface area contributed by atoms with Crippen LogP contribution in [0.1, 0.15) is 41.9 Å². The SMILES string of the molecule is COc1cc(C(=O)Nc2ccc3c(c2)nc(CCNC(=O)C2CCCC2)n3C)cc(OC)c1OC. The Labute approximate surface area is 204 Å². The first-order valence-corrected chi connectivity index (χ1v) is 11.8. The second kappa shape index (κ2) is 10.7. The van der Waals surface area contributed by atoms with Crippen molar-refractivity contribution in [2.75, 3.05) is 33.2 Å². The number of amides is 2. The molecule has 2 N–H and O–H groups in total. The largest absolute Gasteiger partial charge is 0.493 e. The molecule has 186 valence electrons. The van der Waals surface area contributed by atoms with Crippen LogP contribution in [0.4, 0.5) is 5.69 Å². The number of hydrogen-bond donors (Lipinski definition) is 2. The van der Waals surface area contributed by atoms with Crippen molar-refractivity contribution in [3.63, 3.8) is 0 Å². The molecular weight excluding hydrogens is 448 g/mol. The van der Waals surface area contributed by atoms with Crippen molar-refractivity contribution >= 4 is 28.5 Å². The lowest BCUT2D eigenvalue weighted by Gasteiger charge is -2.14. The van der Waals surface area contributed by atoms with Crippen LogP contribution >= 0.6 is 0 Å². The van der Waals surface area contributed by atoms with Gasteiger partial charge >= 0.3 is 0 Å². The molecule has 0 atom stereocenters. The van der Waals surface area contributed by atoms with Gasteiger partial charge in [-0.05, 0) is 43.2 Å². The molecule has 1 aliphatic rings. The molecule has 0 bridgehead atoms. The first kappa shape index (κ1) is 24.4. The summed E-state index contributed by atoms with van der Waals surface area (Å²) in [6.45, 7) is 0.553. The number of aryl methyl sites for hydroxylation is 1. The maximum Gasteiger partial charge on any atom is 0.255 e. The summed E-state index contributed by atoms with van der Waals surface area (Å²) in [6.07, 6.45) is 4.89. The minimum atomic E-state index is -0.311. The van der Waals surface area contributed by atoms with Gasteiger partial charge in [0, 0.05) is 37.2 Å². The predicted molar refractivity (Wildman–Crippen MR) is 133 cm³/mol. The molecule has 1 saturated carbocycles. The van der Waals surface area contributed by atoms with Crippen LogP contribution in [-0.4, -0.2) is 49.2 Å². The average molecular weight is 481 g/mol. The number of methoxy groups -OCH3 is 3. The van der Waals surface area contributed by atoms with E-state index in [1.54, 1.807) is 12.1 Å². The molecule has 0 spiro atoms. The Morgan fingerprint density at radius 2 is 1.71 bits per heavy atom. The van der Waals surface area contributed by atoms with E-state index in [1.807, 2.05) is 29.8 Å². The number of nitrogens with zero attached hydrogens (tertiary/aromatic N) is 2. The Morgan fingerprint density at radius 3 is 2.34 bits per heavy atom. The third-order valence-electron chi connectivity index (χ3n) is 6.53. The van der Waals surface area contributed by atoms with Gasteiger partial charge in [-0.15, -0.1) is 0 Å². The minimum absolute atomic E-state index is 0.151. The Bertz CT molecular complexity index is 1200. The van der Waals surface area contributed by atoms with E-state index >= 15 is 0 Å². The third kappa shape index (κ3) is 5.18. The van der Waals surface area contributed by atoms with Crippen molar-refractivity contribution in [3.05, 3.63) is 41.7 Å². The number of ether oxygens (including phenoxy) is 3. The molecule has 35 heavy (non-hydrogen) atoms. The summed E-state index contributed by atoms with van der Waals surface area (Å²) in [4.78, 5) is 29.9. The average Bonchev–Trinajstić information content (AvgIpc) is 3.51. The van der Waals surface area contributed by atoms with Crippen molar-refractivity contribution in [1.29, 1.82) is 0 Å². The summed E-state index contributed by atoms with van der Waals surface area (Å²) in [5, 5.41) is 5.96. The summed E-state index contributed by atoms with van der Waals surface area (Å²) in [6, 6.07) is 8.81. The first-order chi connectivity index (χ1) is 16.9. The van der Waals surface area contributed by atoms with Crippen LogP contribution in [0.15, 0.2) is 30.3 Å². The fourth-order valence-electron chi connectivity index (χ4n) is 4.60. The van der Waals surface area contributed by atoms with Gasteiger partial charge in [-0.25, -0.2) is 4.98 Å². The lowest BCUT2D eigenvalue weighted by molar-refractivity contribution is -0.124. The summed E-state index contributed by atoms with van der Waals surface area (Å²) in [5.74, 6) is 2.11. The predicted octanol–water partition coefficient (Wildman–Crippen LogP) is 3.70. The Morgan fingerprint density at radius 1 is 1.03 bits per heavy atom. The van der Waals surface area contributed by atoms with Crippen molar-refractivity contribution in [1.82, 2.24) is 14.9 Å². The van der Waals surface area contributed by atoms with E-state index in [2.05, 4.69) is 10.6 Å². The molecule has 9 nitrogen and oxygen atoms in total. The number of aromatic nitrogens is 2. The van der Waals surface area contributed by atoms with Gasteiger partial charge in [-0.1, -0.05) is 12.8 Å². The number of carbonyl (C=O) groups is 2. The van der Waals surface area contributed by atoms with Gasteiger partial charge < -0.3 is 29.4 Å². The maximum absolute atomic E-state index is 12.9. The molecule has 2 aromatic carbocycles. The van der Waals surface area contributed by atoms with Gasteiger partial charge in [0.15, 0.2) is 11.5 Å². The number of imidazole rings is 1. The monoisotopic (exact) mass is 480 g/mol. The normalized spacial score (nSPS) is 13.6. The third-order valence-corrected chi connectivity index (χ3v) is 6.53. The highest BCUT2D eigenvalue weighted by molar-refractivity contribution is 6.05. The molecule has 1 heterocycles. The highest BCUT2D eigenvalue weighted by Crippen LogP contribution is 2.38. The zero-order valence-corrected chi connectivity index (χ0v) is 20.6. The summed E-state index contributed by atoms with van der Waals surface area (Å²) >= 11 is 0. The van der Waals surface area contributed by atoms with Crippen LogP contribution in [0.2, 0.25) is 0 Å². The van der Waals surface area contributed by atoms with Crippen molar-refractivity contribution in [3.8, 4) is 17.2 Å². The zero-order chi connectivity index (χ0) is 24.9. The second-order valence-electron chi connectivity index (χ2n) is 8.68. The van der Waals surface area contributed by atoms with Crippen molar-refractivity contribution < 1.29 is 23.8 Å². The highest BCUT2D eigenvalue weighted by atomic mass is 16.5. The van der Waals surface area contributed by atoms with Gasteiger partial charge in [-0.3, -0.25) is 9.59 Å². The molecular formula is C26H32N4O5. The molecule has 0 radical (unpaired) electrons. The first-order valence-electron chi connectivity index (χ1n) is 11.8. The van der Waals surface area contributed by atoms with E-state index in [1.165, 1.54) is 21.3 Å².